The molecule has 0 bridgehead atoms. The molecule has 26 heavy (non-hydrogen) atoms. The van der Waals surface area contributed by atoms with Crippen molar-refractivity contribution < 1.29 is 9.53 Å². The first-order valence-corrected chi connectivity index (χ1v) is 8.54. The molecule has 4 rings (SSSR count). The molecule has 3 aromatic rings. The van der Waals surface area contributed by atoms with Gasteiger partial charge >= 0.3 is 0 Å². The Hall–Kier alpha value is -3.00. The van der Waals surface area contributed by atoms with Crippen LogP contribution >= 0.6 is 0 Å². The fraction of sp³-hybridized carbons (Fsp3) is 0.333. The molecule has 3 heterocycles. The highest BCUT2D eigenvalue weighted by Gasteiger charge is 2.29. The summed E-state index contributed by atoms with van der Waals surface area (Å²) in [7, 11) is 0. The van der Waals surface area contributed by atoms with Gasteiger partial charge in [-0.25, -0.2) is 9.67 Å². The molecule has 0 unspecified atom stereocenters. The minimum atomic E-state index is -0.107. The zero-order chi connectivity index (χ0) is 18.3. The lowest BCUT2D eigenvalue weighted by molar-refractivity contribution is -0.0587. The van der Waals surface area contributed by atoms with E-state index in [0.717, 1.165) is 10.9 Å². The van der Waals surface area contributed by atoms with Gasteiger partial charge in [0, 0.05) is 30.7 Å². The van der Waals surface area contributed by atoms with Crippen molar-refractivity contribution in [1.82, 2.24) is 24.6 Å². The molecular formula is C18H20N6O2. The predicted octanol–water partition coefficient (Wildman–Crippen LogP) is 1.65. The summed E-state index contributed by atoms with van der Waals surface area (Å²) in [5.74, 6) is 0.575. The number of ether oxygens (including phenoxy) is 1. The number of fused-ring (bicyclic) bond motifs is 1. The van der Waals surface area contributed by atoms with Gasteiger partial charge in [-0.2, -0.15) is 10.1 Å². The zero-order valence-electron chi connectivity index (χ0n) is 14.7. The third-order valence-electron chi connectivity index (χ3n) is 4.37. The average Bonchev–Trinajstić information content (AvgIpc) is 3.00. The van der Waals surface area contributed by atoms with Gasteiger partial charge in [0.05, 0.1) is 17.7 Å². The van der Waals surface area contributed by atoms with Crippen LogP contribution in [-0.4, -0.2) is 55.9 Å². The largest absolute Gasteiger partial charge is 0.372 e. The van der Waals surface area contributed by atoms with E-state index < -0.39 is 0 Å². The van der Waals surface area contributed by atoms with Crippen LogP contribution in [0.2, 0.25) is 0 Å². The molecule has 1 fully saturated rings. The summed E-state index contributed by atoms with van der Waals surface area (Å²) >= 11 is 0. The molecule has 1 aromatic carbocycles. The van der Waals surface area contributed by atoms with Gasteiger partial charge in [-0.1, -0.05) is 18.2 Å². The zero-order valence-corrected chi connectivity index (χ0v) is 14.7. The SMILES string of the molecule is C[C@@H]1CN(C(=O)c2nn(-c3ccnc(N)n3)c3ccccc23)C[C@H](C)O1. The second kappa shape index (κ2) is 6.38. The molecule has 8 nitrogen and oxygen atoms in total. The summed E-state index contributed by atoms with van der Waals surface area (Å²) in [5, 5.41) is 5.34. The Morgan fingerprint density at radius 2 is 1.92 bits per heavy atom. The highest BCUT2D eigenvalue weighted by atomic mass is 16.5. The van der Waals surface area contributed by atoms with E-state index in [4.69, 9.17) is 10.5 Å². The smallest absolute Gasteiger partial charge is 0.275 e. The van der Waals surface area contributed by atoms with Crippen molar-refractivity contribution >= 4 is 22.8 Å². The molecule has 2 atom stereocenters. The molecule has 0 radical (unpaired) electrons. The molecular weight excluding hydrogens is 332 g/mol. The van der Waals surface area contributed by atoms with Crippen molar-refractivity contribution in [2.45, 2.75) is 26.1 Å². The number of amides is 1. The number of carbonyl (C=O) groups is 1. The topological polar surface area (TPSA) is 99.2 Å². The first-order chi connectivity index (χ1) is 12.5. The van der Waals surface area contributed by atoms with Crippen LogP contribution in [0.15, 0.2) is 36.5 Å². The molecule has 1 aliphatic heterocycles. The standard InChI is InChI=1S/C18H20N6O2/c1-11-9-23(10-12(2)26-11)17(25)16-13-5-3-4-6-14(13)24(22-16)15-7-8-20-18(19)21-15/h3-8,11-12H,9-10H2,1-2H3,(H2,19,20,21)/t11-,12+. The van der Waals surface area contributed by atoms with E-state index in [1.165, 1.54) is 0 Å². The third kappa shape index (κ3) is 2.88. The summed E-state index contributed by atoms with van der Waals surface area (Å²) in [6, 6.07) is 9.30. The molecule has 0 saturated carbocycles. The van der Waals surface area contributed by atoms with Crippen LogP contribution in [-0.2, 0) is 4.74 Å². The first-order valence-electron chi connectivity index (χ1n) is 8.54. The second-order valence-corrected chi connectivity index (χ2v) is 6.52. The Labute approximate surface area is 150 Å². The third-order valence-corrected chi connectivity index (χ3v) is 4.37. The Balaban J connectivity index is 1.80. The number of hydrogen-bond donors (Lipinski definition) is 1. The lowest BCUT2D eigenvalue weighted by atomic mass is 10.1. The molecule has 1 amide bonds. The number of carbonyl (C=O) groups excluding carboxylic acids is 1. The number of benzene rings is 1. The fourth-order valence-electron chi connectivity index (χ4n) is 3.37. The van der Waals surface area contributed by atoms with Gasteiger partial charge < -0.3 is 15.4 Å². The van der Waals surface area contributed by atoms with Crippen LogP contribution in [0.25, 0.3) is 16.7 Å². The maximum atomic E-state index is 13.2. The highest BCUT2D eigenvalue weighted by molar-refractivity contribution is 6.05. The molecule has 2 N–H and O–H groups in total. The van der Waals surface area contributed by atoms with Crippen molar-refractivity contribution in [3.8, 4) is 5.82 Å². The van der Waals surface area contributed by atoms with Crippen LogP contribution in [0, 0.1) is 0 Å². The number of hydrogen-bond acceptors (Lipinski definition) is 6. The number of nitrogens with zero attached hydrogens (tertiary/aromatic N) is 5. The normalized spacial score (nSPS) is 20.5. The van der Waals surface area contributed by atoms with Gasteiger partial charge in [0.2, 0.25) is 5.95 Å². The van der Waals surface area contributed by atoms with Crippen LogP contribution in [0.1, 0.15) is 24.3 Å². The van der Waals surface area contributed by atoms with Gasteiger partial charge in [-0.3, -0.25) is 4.79 Å². The molecule has 134 valence electrons. The summed E-state index contributed by atoms with van der Waals surface area (Å²) < 4.78 is 7.36. The van der Waals surface area contributed by atoms with E-state index in [0.29, 0.717) is 24.6 Å². The Morgan fingerprint density at radius 1 is 1.19 bits per heavy atom. The predicted molar refractivity (Wildman–Crippen MR) is 97.0 cm³/mol. The summed E-state index contributed by atoms with van der Waals surface area (Å²) in [6.45, 7) is 5.03. The minimum absolute atomic E-state index is 0.00212. The number of anilines is 1. The summed E-state index contributed by atoms with van der Waals surface area (Å²) in [5.41, 5.74) is 6.90. The van der Waals surface area contributed by atoms with Gasteiger partial charge in [0.15, 0.2) is 11.5 Å². The second-order valence-electron chi connectivity index (χ2n) is 6.52. The first kappa shape index (κ1) is 16.5. The van der Waals surface area contributed by atoms with Crippen LogP contribution in [0.4, 0.5) is 5.95 Å². The molecule has 0 aliphatic carbocycles. The minimum Gasteiger partial charge on any atom is -0.372 e. The van der Waals surface area contributed by atoms with Crippen LogP contribution in [0.5, 0.6) is 0 Å². The van der Waals surface area contributed by atoms with Crippen molar-refractivity contribution in [3.63, 3.8) is 0 Å². The molecule has 1 aliphatic rings. The van der Waals surface area contributed by atoms with Gasteiger partial charge in [0.25, 0.3) is 5.91 Å². The van der Waals surface area contributed by atoms with E-state index in [-0.39, 0.29) is 24.1 Å². The lowest BCUT2D eigenvalue weighted by Gasteiger charge is -2.34. The number of para-hydroxylation sites is 1. The van der Waals surface area contributed by atoms with E-state index in [1.54, 1.807) is 21.8 Å². The lowest BCUT2D eigenvalue weighted by Crippen LogP contribution is -2.48. The summed E-state index contributed by atoms with van der Waals surface area (Å²) in [4.78, 5) is 23.1. The van der Waals surface area contributed by atoms with E-state index in [1.807, 2.05) is 38.1 Å². The molecule has 1 saturated heterocycles. The van der Waals surface area contributed by atoms with E-state index in [9.17, 15) is 4.79 Å². The Bertz CT molecular complexity index is 959. The Kier molecular flexibility index (Phi) is 4.04. The van der Waals surface area contributed by atoms with Gasteiger partial charge in [-0.05, 0) is 19.9 Å². The van der Waals surface area contributed by atoms with Gasteiger partial charge in [0.1, 0.15) is 0 Å². The monoisotopic (exact) mass is 352 g/mol. The quantitative estimate of drug-likeness (QED) is 0.753. The number of aromatic nitrogens is 4. The number of rotatable bonds is 2. The van der Waals surface area contributed by atoms with Gasteiger partial charge in [-0.15, -0.1) is 0 Å². The molecule has 2 aromatic heterocycles. The fourth-order valence-corrected chi connectivity index (χ4v) is 3.37. The highest BCUT2D eigenvalue weighted by Crippen LogP contribution is 2.24. The molecule has 0 spiro atoms. The van der Waals surface area contributed by atoms with E-state index in [2.05, 4.69) is 15.1 Å². The average molecular weight is 352 g/mol. The van der Waals surface area contributed by atoms with Crippen molar-refractivity contribution in [3.05, 3.63) is 42.2 Å². The maximum absolute atomic E-state index is 13.2. The maximum Gasteiger partial charge on any atom is 0.275 e. The Morgan fingerprint density at radius 3 is 2.65 bits per heavy atom. The number of morpholine rings is 1. The summed E-state index contributed by atoms with van der Waals surface area (Å²) in [6.07, 6.45) is 1.57. The van der Waals surface area contributed by atoms with E-state index >= 15 is 0 Å². The molecule has 8 heteroatoms. The van der Waals surface area contributed by atoms with Crippen LogP contribution < -0.4 is 5.73 Å². The number of nitrogen functional groups attached to an aromatic ring is 1. The van der Waals surface area contributed by atoms with Crippen molar-refractivity contribution in [2.24, 2.45) is 0 Å². The number of nitrogens with two attached hydrogens (primary N) is 1. The van der Waals surface area contributed by atoms with Crippen molar-refractivity contribution in [1.29, 1.82) is 0 Å². The van der Waals surface area contributed by atoms with Crippen LogP contribution in [0.3, 0.4) is 0 Å². The van der Waals surface area contributed by atoms with Crippen molar-refractivity contribution in [2.75, 3.05) is 18.8 Å².